The maximum Gasteiger partial charge on any atom is 0.270 e. The predicted octanol–water partition coefficient (Wildman–Crippen LogP) is 2.99. The van der Waals surface area contributed by atoms with Gasteiger partial charge in [-0.2, -0.15) is 0 Å². The molecule has 0 aliphatic carbocycles. The van der Waals surface area contributed by atoms with Gasteiger partial charge in [0.25, 0.3) is 5.91 Å². The molecule has 2 aromatic carbocycles. The van der Waals surface area contributed by atoms with Gasteiger partial charge in [-0.05, 0) is 37.1 Å². The third-order valence-electron chi connectivity index (χ3n) is 4.15. The number of carbonyl (C=O) groups is 1. The highest BCUT2D eigenvalue weighted by atomic mass is 32.2. The van der Waals surface area contributed by atoms with Gasteiger partial charge in [0.1, 0.15) is 5.69 Å². The monoisotopic (exact) mass is 397 g/mol. The smallest absolute Gasteiger partial charge is 0.270 e. The van der Waals surface area contributed by atoms with Crippen LogP contribution in [-0.2, 0) is 22.3 Å². The molecule has 0 spiro atoms. The Labute approximate surface area is 165 Å². The number of rotatable bonds is 7. The third-order valence-corrected chi connectivity index (χ3v) is 5.67. The van der Waals surface area contributed by atoms with Crippen molar-refractivity contribution in [3.63, 3.8) is 0 Å². The van der Waals surface area contributed by atoms with Gasteiger partial charge in [-0.15, -0.1) is 0 Å². The second-order valence-corrected chi connectivity index (χ2v) is 8.63. The molecule has 1 heterocycles. The Hall–Kier alpha value is -2.77. The number of hydrogen-bond donors (Lipinski definition) is 2. The standard InChI is InChI=1S/C21H23N3O3S/c1-15(2)24-28(26,27)14-18-9-4-3-8-17(18)13-22-21(25)20-12-11-16-7-5-6-10-19(16)23-20/h3-12,15,24H,13-14H2,1-2H3,(H,22,25). The molecule has 7 heteroatoms. The van der Waals surface area contributed by atoms with Gasteiger partial charge in [-0.25, -0.2) is 18.1 Å². The molecule has 0 fully saturated rings. The van der Waals surface area contributed by atoms with E-state index in [0.29, 0.717) is 11.3 Å². The molecule has 3 aromatic rings. The molecule has 3 rings (SSSR count). The van der Waals surface area contributed by atoms with E-state index in [1.54, 1.807) is 32.0 Å². The summed E-state index contributed by atoms with van der Waals surface area (Å²) in [6, 6.07) is 18.1. The van der Waals surface area contributed by atoms with Gasteiger partial charge < -0.3 is 5.32 Å². The fraction of sp³-hybridized carbons (Fsp3) is 0.238. The Morgan fingerprint density at radius 2 is 1.64 bits per heavy atom. The minimum Gasteiger partial charge on any atom is -0.347 e. The molecule has 0 saturated carbocycles. The number of amides is 1. The number of sulfonamides is 1. The summed E-state index contributed by atoms with van der Waals surface area (Å²) in [5.41, 5.74) is 2.49. The van der Waals surface area contributed by atoms with Crippen molar-refractivity contribution in [1.82, 2.24) is 15.0 Å². The van der Waals surface area contributed by atoms with Crippen molar-refractivity contribution in [3.8, 4) is 0 Å². The third kappa shape index (κ3) is 5.15. The number of pyridine rings is 1. The van der Waals surface area contributed by atoms with Crippen LogP contribution >= 0.6 is 0 Å². The molecule has 6 nitrogen and oxygen atoms in total. The molecule has 2 N–H and O–H groups in total. The first kappa shape index (κ1) is 20.0. The molecule has 1 aromatic heterocycles. The fourth-order valence-corrected chi connectivity index (χ4v) is 4.43. The number of nitrogens with zero attached hydrogens (tertiary/aromatic N) is 1. The first-order valence-corrected chi connectivity index (χ1v) is 10.7. The fourth-order valence-electron chi connectivity index (χ4n) is 2.93. The van der Waals surface area contributed by atoms with Crippen LogP contribution in [0.25, 0.3) is 10.9 Å². The highest BCUT2D eigenvalue weighted by Crippen LogP contribution is 2.14. The van der Waals surface area contributed by atoms with Crippen LogP contribution in [-0.4, -0.2) is 25.4 Å². The summed E-state index contributed by atoms with van der Waals surface area (Å²) in [5.74, 6) is -0.436. The summed E-state index contributed by atoms with van der Waals surface area (Å²) < 4.78 is 27.1. The zero-order valence-electron chi connectivity index (χ0n) is 15.8. The van der Waals surface area contributed by atoms with Crippen LogP contribution in [0.15, 0.2) is 60.7 Å². The minimum atomic E-state index is -3.45. The lowest BCUT2D eigenvalue weighted by Crippen LogP contribution is -2.32. The Morgan fingerprint density at radius 1 is 0.964 bits per heavy atom. The highest BCUT2D eigenvalue weighted by molar-refractivity contribution is 7.88. The van der Waals surface area contributed by atoms with Gasteiger partial charge in [-0.3, -0.25) is 4.79 Å². The van der Waals surface area contributed by atoms with Crippen LogP contribution in [0.1, 0.15) is 35.5 Å². The van der Waals surface area contributed by atoms with E-state index in [0.717, 1.165) is 16.5 Å². The van der Waals surface area contributed by atoms with Gasteiger partial charge in [-0.1, -0.05) is 48.5 Å². The van der Waals surface area contributed by atoms with E-state index in [4.69, 9.17) is 0 Å². The number of carbonyl (C=O) groups excluding carboxylic acids is 1. The average Bonchev–Trinajstić information content (AvgIpc) is 2.65. The number of para-hydroxylation sites is 1. The second kappa shape index (κ2) is 8.50. The number of nitrogens with one attached hydrogen (secondary N) is 2. The summed E-state index contributed by atoms with van der Waals surface area (Å²) in [5, 5.41) is 3.80. The quantitative estimate of drug-likeness (QED) is 0.641. The minimum absolute atomic E-state index is 0.133. The topological polar surface area (TPSA) is 88.2 Å². The molecule has 0 saturated heterocycles. The normalized spacial score (nSPS) is 11.7. The van der Waals surface area contributed by atoms with E-state index in [1.165, 1.54) is 0 Å². The van der Waals surface area contributed by atoms with Crippen LogP contribution in [0.5, 0.6) is 0 Å². The number of fused-ring (bicyclic) bond motifs is 1. The molecular formula is C21H23N3O3S. The van der Waals surface area contributed by atoms with Crippen molar-refractivity contribution in [2.24, 2.45) is 0 Å². The second-order valence-electron chi connectivity index (χ2n) is 6.87. The van der Waals surface area contributed by atoms with E-state index in [-0.39, 0.29) is 24.2 Å². The van der Waals surface area contributed by atoms with Crippen LogP contribution < -0.4 is 10.0 Å². The molecule has 0 aliphatic heterocycles. The molecule has 0 unspecified atom stereocenters. The molecule has 0 bridgehead atoms. The lowest BCUT2D eigenvalue weighted by molar-refractivity contribution is 0.0946. The van der Waals surface area contributed by atoms with Gasteiger partial charge in [0.2, 0.25) is 10.0 Å². The summed E-state index contributed by atoms with van der Waals surface area (Å²) >= 11 is 0. The molecule has 0 aliphatic rings. The predicted molar refractivity (Wildman–Crippen MR) is 110 cm³/mol. The van der Waals surface area contributed by atoms with Gasteiger partial charge in [0.05, 0.1) is 11.3 Å². The van der Waals surface area contributed by atoms with E-state index >= 15 is 0 Å². The summed E-state index contributed by atoms with van der Waals surface area (Å²) in [6.45, 7) is 3.78. The Balaban J connectivity index is 1.72. The summed E-state index contributed by atoms with van der Waals surface area (Å²) in [6.07, 6.45) is 0. The molecule has 0 atom stereocenters. The Kier molecular flexibility index (Phi) is 6.06. The first-order valence-electron chi connectivity index (χ1n) is 9.05. The zero-order valence-corrected chi connectivity index (χ0v) is 16.7. The zero-order chi connectivity index (χ0) is 20.1. The van der Waals surface area contributed by atoms with Gasteiger partial charge >= 0.3 is 0 Å². The van der Waals surface area contributed by atoms with Gasteiger partial charge in [0, 0.05) is 18.0 Å². The van der Waals surface area contributed by atoms with Crippen molar-refractivity contribution in [2.45, 2.75) is 32.2 Å². The summed E-state index contributed by atoms with van der Waals surface area (Å²) in [7, 11) is -3.45. The molecule has 0 radical (unpaired) electrons. The first-order chi connectivity index (χ1) is 13.3. The van der Waals surface area contributed by atoms with Crippen molar-refractivity contribution in [2.75, 3.05) is 0 Å². The van der Waals surface area contributed by atoms with Crippen molar-refractivity contribution in [1.29, 1.82) is 0 Å². The molecule has 1 amide bonds. The lowest BCUT2D eigenvalue weighted by Gasteiger charge is -2.13. The summed E-state index contributed by atoms with van der Waals surface area (Å²) in [4.78, 5) is 16.9. The maximum atomic E-state index is 12.5. The highest BCUT2D eigenvalue weighted by Gasteiger charge is 2.16. The lowest BCUT2D eigenvalue weighted by atomic mass is 10.1. The number of benzene rings is 2. The van der Waals surface area contributed by atoms with E-state index in [9.17, 15) is 13.2 Å². The number of aromatic nitrogens is 1. The maximum absolute atomic E-state index is 12.5. The molecule has 28 heavy (non-hydrogen) atoms. The van der Waals surface area contributed by atoms with Crippen LogP contribution in [0.4, 0.5) is 0 Å². The van der Waals surface area contributed by atoms with Crippen LogP contribution in [0.2, 0.25) is 0 Å². The van der Waals surface area contributed by atoms with E-state index < -0.39 is 10.0 Å². The largest absolute Gasteiger partial charge is 0.347 e. The Morgan fingerprint density at radius 3 is 2.39 bits per heavy atom. The van der Waals surface area contributed by atoms with Crippen molar-refractivity contribution < 1.29 is 13.2 Å². The van der Waals surface area contributed by atoms with Crippen LogP contribution in [0, 0.1) is 0 Å². The molecule has 146 valence electrons. The van der Waals surface area contributed by atoms with Crippen LogP contribution in [0.3, 0.4) is 0 Å². The van der Waals surface area contributed by atoms with Gasteiger partial charge in [0.15, 0.2) is 0 Å². The average molecular weight is 398 g/mol. The number of hydrogen-bond acceptors (Lipinski definition) is 4. The SMILES string of the molecule is CC(C)NS(=O)(=O)Cc1ccccc1CNC(=O)c1ccc2ccccc2n1. The van der Waals surface area contributed by atoms with Crippen molar-refractivity contribution >= 4 is 26.8 Å². The van der Waals surface area contributed by atoms with Crippen molar-refractivity contribution in [3.05, 3.63) is 77.5 Å². The van der Waals surface area contributed by atoms with E-state index in [1.807, 2.05) is 42.5 Å². The van der Waals surface area contributed by atoms with E-state index in [2.05, 4.69) is 15.0 Å². The molecular weight excluding hydrogens is 374 g/mol. The Bertz CT molecular complexity index is 1090.